The van der Waals surface area contributed by atoms with Crippen molar-refractivity contribution in [3.63, 3.8) is 0 Å². The Kier molecular flexibility index (Phi) is 7.80. The van der Waals surface area contributed by atoms with Gasteiger partial charge in [0, 0.05) is 16.7 Å². The standard InChI is InChI=1S/C16H26O2S/c1-4-6-8-10-14-12-15(18-13(3)17)16(19-14)11-9-7-5-2/h12H,4-11H2,1-3H3. The predicted molar refractivity (Wildman–Crippen MR) is 82.1 cm³/mol. The summed E-state index contributed by atoms with van der Waals surface area (Å²) in [5.74, 6) is 0.592. The first kappa shape index (κ1) is 16.2. The molecule has 0 atom stereocenters. The Labute approximate surface area is 121 Å². The zero-order valence-corrected chi connectivity index (χ0v) is 13.3. The van der Waals surface area contributed by atoms with Crippen LogP contribution in [-0.2, 0) is 17.6 Å². The van der Waals surface area contributed by atoms with Gasteiger partial charge in [-0.2, -0.15) is 0 Å². The lowest BCUT2D eigenvalue weighted by molar-refractivity contribution is -0.131. The lowest BCUT2D eigenvalue weighted by Crippen LogP contribution is -2.02. The van der Waals surface area contributed by atoms with Gasteiger partial charge in [-0.1, -0.05) is 39.5 Å². The van der Waals surface area contributed by atoms with Crippen molar-refractivity contribution in [3.05, 3.63) is 15.8 Å². The highest BCUT2D eigenvalue weighted by Gasteiger charge is 2.12. The first-order valence-corrected chi connectivity index (χ1v) is 8.29. The van der Waals surface area contributed by atoms with E-state index in [9.17, 15) is 4.79 Å². The molecule has 0 spiro atoms. The molecule has 3 heteroatoms. The summed E-state index contributed by atoms with van der Waals surface area (Å²) in [7, 11) is 0. The van der Waals surface area contributed by atoms with Crippen LogP contribution in [0.25, 0.3) is 0 Å². The van der Waals surface area contributed by atoms with Gasteiger partial charge in [-0.05, 0) is 31.7 Å². The van der Waals surface area contributed by atoms with Gasteiger partial charge in [-0.25, -0.2) is 0 Å². The third kappa shape index (κ3) is 6.24. The summed E-state index contributed by atoms with van der Waals surface area (Å²) in [5, 5.41) is 0. The molecule has 0 aromatic carbocycles. The summed E-state index contributed by atoms with van der Waals surface area (Å²) in [4.78, 5) is 13.8. The van der Waals surface area contributed by atoms with Crippen molar-refractivity contribution in [2.45, 2.75) is 72.1 Å². The molecule has 1 rings (SSSR count). The number of aryl methyl sites for hydroxylation is 2. The molecule has 0 fully saturated rings. The maximum absolute atomic E-state index is 11.1. The minimum absolute atomic E-state index is 0.213. The van der Waals surface area contributed by atoms with E-state index < -0.39 is 0 Å². The van der Waals surface area contributed by atoms with Gasteiger partial charge < -0.3 is 4.74 Å². The van der Waals surface area contributed by atoms with E-state index in [1.165, 1.54) is 55.2 Å². The fourth-order valence-corrected chi connectivity index (χ4v) is 3.26. The fraction of sp³-hybridized carbons (Fsp3) is 0.688. The van der Waals surface area contributed by atoms with Crippen molar-refractivity contribution in [1.29, 1.82) is 0 Å². The van der Waals surface area contributed by atoms with Gasteiger partial charge in [-0.3, -0.25) is 4.79 Å². The number of thiophene rings is 1. The molecule has 108 valence electrons. The number of hydrogen-bond acceptors (Lipinski definition) is 3. The second kappa shape index (κ2) is 9.13. The number of rotatable bonds is 9. The van der Waals surface area contributed by atoms with Crippen molar-refractivity contribution < 1.29 is 9.53 Å². The summed E-state index contributed by atoms with van der Waals surface area (Å²) in [6.45, 7) is 5.90. The Morgan fingerprint density at radius 1 is 1.11 bits per heavy atom. The van der Waals surface area contributed by atoms with Crippen molar-refractivity contribution >= 4 is 17.3 Å². The number of hydrogen-bond donors (Lipinski definition) is 0. The first-order chi connectivity index (χ1) is 9.17. The molecule has 0 bridgehead atoms. The van der Waals surface area contributed by atoms with Gasteiger partial charge in [-0.15, -0.1) is 11.3 Å². The summed E-state index contributed by atoms with van der Waals surface area (Å²) in [5.41, 5.74) is 0. The third-order valence-electron chi connectivity index (χ3n) is 3.11. The Morgan fingerprint density at radius 3 is 2.32 bits per heavy atom. The van der Waals surface area contributed by atoms with E-state index >= 15 is 0 Å². The molecule has 19 heavy (non-hydrogen) atoms. The van der Waals surface area contributed by atoms with E-state index in [2.05, 4.69) is 19.9 Å². The molecule has 0 aliphatic carbocycles. The second-order valence-electron chi connectivity index (χ2n) is 5.01. The minimum Gasteiger partial charge on any atom is -0.426 e. The fourth-order valence-electron chi connectivity index (χ4n) is 2.09. The largest absolute Gasteiger partial charge is 0.426 e. The van der Waals surface area contributed by atoms with E-state index in [0.717, 1.165) is 18.6 Å². The molecule has 0 saturated heterocycles. The Morgan fingerprint density at radius 2 is 1.74 bits per heavy atom. The van der Waals surface area contributed by atoms with E-state index in [4.69, 9.17) is 4.74 Å². The first-order valence-electron chi connectivity index (χ1n) is 7.47. The Hall–Kier alpha value is -0.830. The number of unbranched alkanes of at least 4 members (excludes halogenated alkanes) is 4. The van der Waals surface area contributed by atoms with Crippen molar-refractivity contribution in [2.75, 3.05) is 0 Å². The number of ether oxygens (including phenoxy) is 1. The zero-order valence-electron chi connectivity index (χ0n) is 12.5. The highest BCUT2D eigenvalue weighted by Crippen LogP contribution is 2.32. The quantitative estimate of drug-likeness (QED) is 0.463. The zero-order chi connectivity index (χ0) is 14.1. The third-order valence-corrected chi connectivity index (χ3v) is 4.34. The van der Waals surface area contributed by atoms with E-state index in [-0.39, 0.29) is 5.97 Å². The molecule has 2 nitrogen and oxygen atoms in total. The molecule has 0 saturated carbocycles. The topological polar surface area (TPSA) is 26.3 Å². The summed E-state index contributed by atoms with van der Waals surface area (Å²) in [6, 6.07) is 2.07. The molecular formula is C16H26O2S. The van der Waals surface area contributed by atoms with Crippen LogP contribution in [0.15, 0.2) is 6.07 Å². The van der Waals surface area contributed by atoms with Crippen LogP contribution in [0.5, 0.6) is 5.75 Å². The minimum atomic E-state index is -0.213. The lowest BCUT2D eigenvalue weighted by atomic mass is 10.1. The van der Waals surface area contributed by atoms with Gasteiger partial charge in [0.15, 0.2) is 0 Å². The molecule has 1 heterocycles. The SMILES string of the molecule is CCCCCc1cc(OC(C)=O)c(CCCCC)s1. The van der Waals surface area contributed by atoms with Crippen LogP contribution in [-0.4, -0.2) is 5.97 Å². The average molecular weight is 282 g/mol. The number of carbonyl (C=O) groups excluding carboxylic acids is 1. The van der Waals surface area contributed by atoms with Crippen LogP contribution in [0, 0.1) is 0 Å². The van der Waals surface area contributed by atoms with E-state index in [1.807, 2.05) is 11.3 Å². The summed E-state index contributed by atoms with van der Waals surface area (Å²) in [6.07, 6.45) is 9.53. The summed E-state index contributed by atoms with van der Waals surface area (Å²) >= 11 is 1.83. The Bertz CT molecular complexity index is 382. The van der Waals surface area contributed by atoms with Gasteiger partial charge in [0.2, 0.25) is 0 Å². The van der Waals surface area contributed by atoms with E-state index in [0.29, 0.717) is 0 Å². The lowest BCUT2D eigenvalue weighted by Gasteiger charge is -2.02. The van der Waals surface area contributed by atoms with Gasteiger partial charge in [0.05, 0.1) is 0 Å². The molecule has 0 amide bonds. The van der Waals surface area contributed by atoms with Gasteiger partial charge in [0.1, 0.15) is 5.75 Å². The second-order valence-corrected chi connectivity index (χ2v) is 6.23. The summed E-state index contributed by atoms with van der Waals surface area (Å²) < 4.78 is 5.33. The molecule has 0 aliphatic heterocycles. The maximum atomic E-state index is 11.1. The van der Waals surface area contributed by atoms with Gasteiger partial charge >= 0.3 is 5.97 Å². The van der Waals surface area contributed by atoms with Crippen LogP contribution in [0.4, 0.5) is 0 Å². The molecular weight excluding hydrogens is 256 g/mol. The highest BCUT2D eigenvalue weighted by atomic mass is 32.1. The molecule has 0 N–H and O–H groups in total. The molecule has 0 radical (unpaired) electrons. The molecule has 1 aromatic rings. The van der Waals surface area contributed by atoms with Crippen LogP contribution < -0.4 is 4.74 Å². The van der Waals surface area contributed by atoms with Crippen LogP contribution in [0.2, 0.25) is 0 Å². The predicted octanol–water partition coefficient (Wildman–Crippen LogP) is 5.14. The van der Waals surface area contributed by atoms with E-state index in [1.54, 1.807) is 0 Å². The van der Waals surface area contributed by atoms with Crippen molar-refractivity contribution in [1.82, 2.24) is 0 Å². The molecule has 0 unspecified atom stereocenters. The van der Waals surface area contributed by atoms with Crippen molar-refractivity contribution in [2.24, 2.45) is 0 Å². The van der Waals surface area contributed by atoms with Crippen LogP contribution >= 0.6 is 11.3 Å². The van der Waals surface area contributed by atoms with Crippen molar-refractivity contribution in [3.8, 4) is 5.75 Å². The highest BCUT2D eigenvalue weighted by molar-refractivity contribution is 7.12. The normalized spacial score (nSPS) is 10.7. The smallest absolute Gasteiger partial charge is 0.308 e. The van der Waals surface area contributed by atoms with Gasteiger partial charge in [0.25, 0.3) is 0 Å². The molecule has 1 aromatic heterocycles. The monoisotopic (exact) mass is 282 g/mol. The Balaban J connectivity index is 2.65. The van der Waals surface area contributed by atoms with Crippen LogP contribution in [0.1, 0.15) is 69.1 Å². The number of carbonyl (C=O) groups is 1. The van der Waals surface area contributed by atoms with Crippen LogP contribution in [0.3, 0.4) is 0 Å². The number of esters is 1. The average Bonchev–Trinajstić information content (AvgIpc) is 2.72. The molecule has 0 aliphatic rings. The maximum Gasteiger partial charge on any atom is 0.308 e.